The van der Waals surface area contributed by atoms with E-state index in [9.17, 15) is 23.2 Å². The van der Waals surface area contributed by atoms with Gasteiger partial charge in [0.1, 0.15) is 0 Å². The Hall–Kier alpha value is -3.09. The molecular weight excluding hydrogens is 356 g/mol. The molecule has 0 fully saturated rings. The summed E-state index contributed by atoms with van der Waals surface area (Å²) in [6.07, 6.45) is 1.81. The maximum absolute atomic E-state index is 14.1. The Balaban J connectivity index is 2.04. The lowest BCUT2D eigenvalue weighted by Crippen LogP contribution is -2.10. The van der Waals surface area contributed by atoms with E-state index >= 15 is 0 Å². The van der Waals surface area contributed by atoms with Crippen LogP contribution in [0.3, 0.4) is 0 Å². The standard InChI is InChI=1S/C20H19F2NO4/c1-13(25)23-18-11-10-17(21)19(22)16(18)9-5-3-7-14-6-2-4-8-15(14)20(26)27-12-24/h2,4,6,8,10-12H,3,5,7,9H2,1H3,(H,23,25). The molecule has 0 saturated carbocycles. The average molecular weight is 375 g/mol. The molecule has 0 heterocycles. The van der Waals surface area contributed by atoms with Gasteiger partial charge in [0.15, 0.2) is 11.6 Å². The van der Waals surface area contributed by atoms with Crippen LogP contribution >= 0.6 is 0 Å². The summed E-state index contributed by atoms with van der Waals surface area (Å²) in [4.78, 5) is 33.3. The number of unbranched alkanes of at least 4 members (excludes halogenated alkanes) is 1. The third kappa shape index (κ3) is 5.44. The van der Waals surface area contributed by atoms with E-state index in [4.69, 9.17) is 0 Å². The van der Waals surface area contributed by atoms with Crippen molar-refractivity contribution >= 4 is 24.0 Å². The molecule has 0 aliphatic heterocycles. The second-order valence-electron chi connectivity index (χ2n) is 5.93. The molecule has 0 radical (unpaired) electrons. The van der Waals surface area contributed by atoms with E-state index in [1.165, 1.54) is 13.0 Å². The van der Waals surface area contributed by atoms with Gasteiger partial charge < -0.3 is 10.1 Å². The summed E-state index contributed by atoms with van der Waals surface area (Å²) in [6.45, 7) is 1.37. The van der Waals surface area contributed by atoms with Crippen molar-refractivity contribution in [2.24, 2.45) is 0 Å². The number of aryl methyl sites for hydroxylation is 1. The molecule has 0 bridgehead atoms. The molecule has 0 aromatic heterocycles. The Bertz CT molecular complexity index is 852. The molecule has 0 spiro atoms. The van der Waals surface area contributed by atoms with Gasteiger partial charge in [-0.1, -0.05) is 18.2 Å². The number of esters is 1. The molecule has 0 aliphatic rings. The molecule has 0 aliphatic carbocycles. The van der Waals surface area contributed by atoms with E-state index in [1.807, 2.05) is 0 Å². The Kier molecular flexibility index (Phi) is 7.16. The summed E-state index contributed by atoms with van der Waals surface area (Å²) in [5, 5.41) is 2.50. The molecule has 0 atom stereocenters. The van der Waals surface area contributed by atoms with Crippen LogP contribution in [-0.4, -0.2) is 18.3 Å². The van der Waals surface area contributed by atoms with Gasteiger partial charge in [0.2, 0.25) is 5.91 Å². The largest absolute Gasteiger partial charge is 0.392 e. The number of benzene rings is 2. The highest BCUT2D eigenvalue weighted by molar-refractivity contribution is 5.94. The van der Waals surface area contributed by atoms with Crippen molar-refractivity contribution in [1.82, 2.24) is 0 Å². The minimum atomic E-state index is -0.976. The lowest BCUT2D eigenvalue weighted by Gasteiger charge is -2.12. The highest BCUT2D eigenvalue weighted by Crippen LogP contribution is 2.24. The zero-order valence-electron chi connectivity index (χ0n) is 14.8. The second kappa shape index (κ2) is 9.56. The van der Waals surface area contributed by atoms with E-state index in [2.05, 4.69) is 10.1 Å². The van der Waals surface area contributed by atoms with E-state index in [1.54, 1.807) is 24.3 Å². The minimum absolute atomic E-state index is 0.0788. The maximum Gasteiger partial charge on any atom is 0.345 e. The van der Waals surface area contributed by atoms with Gasteiger partial charge in [0.25, 0.3) is 0 Å². The van der Waals surface area contributed by atoms with Crippen LogP contribution < -0.4 is 5.32 Å². The molecule has 142 valence electrons. The SMILES string of the molecule is CC(=O)Nc1ccc(F)c(F)c1CCCCc1ccccc1C(=O)OC=O. The second-order valence-corrected chi connectivity index (χ2v) is 5.93. The van der Waals surface area contributed by atoms with Gasteiger partial charge in [0.05, 0.1) is 5.56 Å². The lowest BCUT2D eigenvalue weighted by molar-refractivity contribution is -0.124. The number of amides is 1. The third-order valence-electron chi connectivity index (χ3n) is 4.02. The lowest BCUT2D eigenvalue weighted by atomic mass is 9.99. The van der Waals surface area contributed by atoms with Crippen molar-refractivity contribution in [3.8, 4) is 0 Å². The van der Waals surface area contributed by atoms with Crippen molar-refractivity contribution in [3.05, 3.63) is 64.7 Å². The van der Waals surface area contributed by atoms with Gasteiger partial charge >= 0.3 is 12.4 Å². The summed E-state index contributed by atoms with van der Waals surface area (Å²) in [5.74, 6) is -3.05. The van der Waals surface area contributed by atoms with Crippen LogP contribution in [0.5, 0.6) is 0 Å². The monoisotopic (exact) mass is 375 g/mol. The van der Waals surface area contributed by atoms with Crippen molar-refractivity contribution < 1.29 is 27.9 Å². The summed E-state index contributed by atoms with van der Waals surface area (Å²) >= 11 is 0. The molecule has 5 nitrogen and oxygen atoms in total. The van der Waals surface area contributed by atoms with Crippen LogP contribution in [0.4, 0.5) is 14.5 Å². The number of hydrogen-bond acceptors (Lipinski definition) is 4. The molecule has 2 aromatic rings. The zero-order valence-corrected chi connectivity index (χ0v) is 14.8. The Morgan fingerprint density at radius 2 is 1.78 bits per heavy atom. The van der Waals surface area contributed by atoms with Gasteiger partial charge in [-0.3, -0.25) is 9.59 Å². The van der Waals surface area contributed by atoms with Gasteiger partial charge in [0, 0.05) is 18.2 Å². The summed E-state index contributed by atoms with van der Waals surface area (Å²) in [6, 6.07) is 9.02. The normalized spacial score (nSPS) is 10.3. The molecule has 2 aromatic carbocycles. The zero-order chi connectivity index (χ0) is 19.8. The first kappa shape index (κ1) is 20.2. The van der Waals surface area contributed by atoms with Gasteiger partial charge in [-0.25, -0.2) is 13.6 Å². The fraction of sp³-hybridized carbons (Fsp3) is 0.250. The van der Waals surface area contributed by atoms with Crippen molar-refractivity contribution in [2.45, 2.75) is 32.6 Å². The Morgan fingerprint density at radius 1 is 1.07 bits per heavy atom. The molecule has 1 N–H and O–H groups in total. The smallest absolute Gasteiger partial charge is 0.345 e. The first-order valence-corrected chi connectivity index (χ1v) is 8.41. The molecule has 0 saturated heterocycles. The molecule has 7 heteroatoms. The number of carbonyl (C=O) groups excluding carboxylic acids is 3. The highest BCUT2D eigenvalue weighted by atomic mass is 19.2. The van der Waals surface area contributed by atoms with Crippen molar-refractivity contribution in [1.29, 1.82) is 0 Å². The predicted molar refractivity (Wildman–Crippen MR) is 95.2 cm³/mol. The fourth-order valence-electron chi connectivity index (χ4n) is 2.81. The van der Waals surface area contributed by atoms with Gasteiger partial charge in [-0.05, 0) is 49.4 Å². The van der Waals surface area contributed by atoms with Crippen molar-refractivity contribution in [3.63, 3.8) is 0 Å². The van der Waals surface area contributed by atoms with Crippen LogP contribution in [0.25, 0.3) is 0 Å². The van der Waals surface area contributed by atoms with E-state index < -0.39 is 17.6 Å². The molecule has 2 rings (SSSR count). The molecular formula is C20H19F2NO4. The Morgan fingerprint density at radius 3 is 2.48 bits per heavy atom. The van der Waals surface area contributed by atoms with E-state index in [-0.39, 0.29) is 30.1 Å². The molecule has 0 unspecified atom stereocenters. The first-order chi connectivity index (χ1) is 12.9. The van der Waals surface area contributed by atoms with Crippen LogP contribution in [0.2, 0.25) is 0 Å². The maximum atomic E-state index is 14.1. The predicted octanol–water partition coefficient (Wildman–Crippen LogP) is 3.80. The number of halogens is 2. The highest BCUT2D eigenvalue weighted by Gasteiger charge is 2.15. The quantitative estimate of drug-likeness (QED) is 0.330. The summed E-state index contributed by atoms with van der Waals surface area (Å²) in [5.41, 5.74) is 1.35. The first-order valence-electron chi connectivity index (χ1n) is 8.41. The number of carbonyl (C=O) groups is 3. The van der Waals surface area contributed by atoms with Gasteiger partial charge in [-0.2, -0.15) is 0 Å². The average Bonchev–Trinajstić information content (AvgIpc) is 2.64. The van der Waals surface area contributed by atoms with E-state index in [0.717, 1.165) is 6.07 Å². The number of nitrogens with one attached hydrogen (secondary N) is 1. The minimum Gasteiger partial charge on any atom is -0.392 e. The van der Waals surface area contributed by atoms with Gasteiger partial charge in [-0.15, -0.1) is 0 Å². The fourth-order valence-corrected chi connectivity index (χ4v) is 2.81. The number of rotatable bonds is 8. The topological polar surface area (TPSA) is 72.5 Å². The van der Waals surface area contributed by atoms with Crippen molar-refractivity contribution in [2.75, 3.05) is 5.32 Å². The third-order valence-corrected chi connectivity index (χ3v) is 4.02. The van der Waals surface area contributed by atoms with Crippen LogP contribution in [0.15, 0.2) is 36.4 Å². The van der Waals surface area contributed by atoms with Crippen LogP contribution in [0, 0.1) is 11.6 Å². The number of ether oxygens (including phenoxy) is 1. The molecule has 1 amide bonds. The molecule has 27 heavy (non-hydrogen) atoms. The van der Waals surface area contributed by atoms with Crippen LogP contribution in [0.1, 0.15) is 41.3 Å². The summed E-state index contributed by atoms with van der Waals surface area (Å²) < 4.78 is 32.0. The van der Waals surface area contributed by atoms with E-state index in [0.29, 0.717) is 30.4 Å². The summed E-state index contributed by atoms with van der Waals surface area (Å²) in [7, 11) is 0. The number of anilines is 1. The van der Waals surface area contributed by atoms with Crippen LogP contribution in [-0.2, 0) is 27.2 Å². The number of hydrogen-bond donors (Lipinski definition) is 1. The Labute approximate surface area is 155 Å².